The van der Waals surface area contributed by atoms with Crippen molar-refractivity contribution in [2.45, 2.75) is 30.6 Å². The second-order valence-corrected chi connectivity index (χ2v) is 8.07. The normalized spacial score (nSPS) is 16.4. The van der Waals surface area contributed by atoms with E-state index < -0.39 is 0 Å². The highest BCUT2D eigenvalue weighted by molar-refractivity contribution is 7.99. The molecular formula is C18H18FN5O2S2. The topological polar surface area (TPSA) is 81.9 Å². The fourth-order valence-electron chi connectivity index (χ4n) is 2.94. The second kappa shape index (κ2) is 8.80. The molecule has 0 saturated carbocycles. The van der Waals surface area contributed by atoms with Gasteiger partial charge in [-0.25, -0.2) is 9.37 Å². The van der Waals surface area contributed by atoms with Gasteiger partial charge in [-0.05, 0) is 37.1 Å². The van der Waals surface area contributed by atoms with Gasteiger partial charge in [0, 0.05) is 23.7 Å². The van der Waals surface area contributed by atoms with Crippen LogP contribution in [0.3, 0.4) is 0 Å². The molecule has 1 fully saturated rings. The Bertz CT molecular complexity index is 924. The van der Waals surface area contributed by atoms with Crippen LogP contribution in [0.5, 0.6) is 0 Å². The summed E-state index contributed by atoms with van der Waals surface area (Å²) in [6, 6.07) is 6.15. The summed E-state index contributed by atoms with van der Waals surface area (Å²) in [5.41, 5.74) is 0.769. The zero-order valence-electron chi connectivity index (χ0n) is 14.9. The largest absolute Gasteiger partial charge is 0.376 e. The van der Waals surface area contributed by atoms with E-state index in [4.69, 9.17) is 4.74 Å². The van der Waals surface area contributed by atoms with E-state index in [9.17, 15) is 9.18 Å². The lowest BCUT2D eigenvalue weighted by Crippen LogP contribution is -2.18. The van der Waals surface area contributed by atoms with E-state index in [0.29, 0.717) is 22.7 Å². The minimum atomic E-state index is -0.303. The molecule has 0 bridgehead atoms. The third-order valence-electron chi connectivity index (χ3n) is 4.24. The molecule has 1 aliphatic heterocycles. The van der Waals surface area contributed by atoms with Gasteiger partial charge in [0.25, 0.3) is 0 Å². The van der Waals surface area contributed by atoms with E-state index in [1.807, 2.05) is 4.57 Å². The lowest BCUT2D eigenvalue weighted by atomic mass is 10.2. The molecule has 146 valence electrons. The number of carbonyl (C=O) groups is 1. The maximum Gasteiger partial charge on any atom is 0.236 e. The van der Waals surface area contributed by atoms with Crippen LogP contribution in [-0.2, 0) is 16.1 Å². The summed E-state index contributed by atoms with van der Waals surface area (Å²) in [4.78, 5) is 16.2. The van der Waals surface area contributed by atoms with Gasteiger partial charge in [-0.15, -0.1) is 21.5 Å². The van der Waals surface area contributed by atoms with E-state index in [1.165, 1.54) is 35.2 Å². The van der Waals surface area contributed by atoms with E-state index in [-0.39, 0.29) is 23.6 Å². The zero-order chi connectivity index (χ0) is 19.3. The van der Waals surface area contributed by atoms with Crippen molar-refractivity contribution < 1.29 is 13.9 Å². The summed E-state index contributed by atoms with van der Waals surface area (Å²) < 4.78 is 21.0. The van der Waals surface area contributed by atoms with Gasteiger partial charge in [-0.1, -0.05) is 11.8 Å². The number of hydrogen-bond acceptors (Lipinski definition) is 7. The fourth-order valence-corrected chi connectivity index (χ4v) is 4.23. The van der Waals surface area contributed by atoms with Crippen LogP contribution in [0, 0.1) is 5.82 Å². The Labute approximate surface area is 169 Å². The van der Waals surface area contributed by atoms with Crippen LogP contribution in [0.15, 0.2) is 41.0 Å². The number of anilines is 1. The van der Waals surface area contributed by atoms with Crippen molar-refractivity contribution >= 4 is 34.1 Å². The lowest BCUT2D eigenvalue weighted by molar-refractivity contribution is -0.113. The lowest BCUT2D eigenvalue weighted by Gasteiger charge is -2.14. The third-order valence-corrected chi connectivity index (χ3v) is 5.90. The van der Waals surface area contributed by atoms with E-state index >= 15 is 0 Å². The number of hydrogen-bond donors (Lipinski definition) is 1. The Morgan fingerprint density at radius 1 is 1.36 bits per heavy atom. The van der Waals surface area contributed by atoms with E-state index in [0.717, 1.165) is 25.0 Å². The van der Waals surface area contributed by atoms with Crippen molar-refractivity contribution in [3.8, 4) is 11.4 Å². The van der Waals surface area contributed by atoms with Gasteiger partial charge < -0.3 is 10.1 Å². The molecule has 7 nitrogen and oxygen atoms in total. The maximum absolute atomic E-state index is 13.3. The molecule has 1 atom stereocenters. The van der Waals surface area contributed by atoms with Crippen molar-refractivity contribution in [1.82, 2.24) is 19.7 Å². The van der Waals surface area contributed by atoms with Crippen LogP contribution in [0.25, 0.3) is 11.4 Å². The van der Waals surface area contributed by atoms with Crippen LogP contribution in [0.4, 0.5) is 9.52 Å². The summed E-state index contributed by atoms with van der Waals surface area (Å²) in [6.45, 7) is 1.34. The molecule has 10 heteroatoms. The first-order valence-electron chi connectivity index (χ1n) is 8.82. The van der Waals surface area contributed by atoms with Gasteiger partial charge in [-0.3, -0.25) is 9.36 Å². The highest BCUT2D eigenvalue weighted by atomic mass is 32.2. The SMILES string of the molecule is O=C(CSc1nnc(-c2ccc(F)cc2)n1C[C@H]1CCCO1)Nc1nccs1. The van der Waals surface area contributed by atoms with Gasteiger partial charge in [0.1, 0.15) is 5.82 Å². The smallest absolute Gasteiger partial charge is 0.236 e. The summed E-state index contributed by atoms with van der Waals surface area (Å²) in [5.74, 6) is 0.364. The molecule has 2 aromatic heterocycles. The Morgan fingerprint density at radius 3 is 2.93 bits per heavy atom. The number of nitrogens with zero attached hydrogens (tertiary/aromatic N) is 4. The number of rotatable bonds is 7. The predicted molar refractivity (Wildman–Crippen MR) is 106 cm³/mol. The van der Waals surface area contributed by atoms with Gasteiger partial charge in [0.2, 0.25) is 5.91 Å². The molecule has 3 heterocycles. The molecule has 1 aliphatic rings. The number of carbonyl (C=O) groups excluding carboxylic acids is 1. The van der Waals surface area contributed by atoms with Gasteiger partial charge >= 0.3 is 0 Å². The van der Waals surface area contributed by atoms with Crippen LogP contribution in [0.2, 0.25) is 0 Å². The first-order chi connectivity index (χ1) is 13.7. The molecule has 1 aromatic carbocycles. The van der Waals surface area contributed by atoms with Gasteiger partial charge in [0.05, 0.1) is 18.4 Å². The van der Waals surface area contributed by atoms with Crippen molar-refractivity contribution in [3.05, 3.63) is 41.7 Å². The minimum absolute atomic E-state index is 0.0821. The molecule has 0 spiro atoms. The van der Waals surface area contributed by atoms with Crippen molar-refractivity contribution in [1.29, 1.82) is 0 Å². The van der Waals surface area contributed by atoms with E-state index in [2.05, 4.69) is 20.5 Å². The molecule has 1 saturated heterocycles. The number of ether oxygens (including phenoxy) is 1. The highest BCUT2D eigenvalue weighted by Crippen LogP contribution is 2.27. The first-order valence-corrected chi connectivity index (χ1v) is 10.7. The molecule has 3 aromatic rings. The molecular weight excluding hydrogens is 401 g/mol. The Hall–Kier alpha value is -2.30. The number of halogens is 1. The number of aromatic nitrogens is 4. The molecule has 1 N–H and O–H groups in total. The first kappa shape index (κ1) is 19.0. The average molecular weight is 420 g/mol. The van der Waals surface area contributed by atoms with Crippen molar-refractivity contribution in [2.24, 2.45) is 0 Å². The highest BCUT2D eigenvalue weighted by Gasteiger charge is 2.22. The van der Waals surface area contributed by atoms with Gasteiger partial charge in [0.15, 0.2) is 16.1 Å². The number of nitrogens with one attached hydrogen (secondary N) is 1. The van der Waals surface area contributed by atoms with Crippen LogP contribution < -0.4 is 5.32 Å². The molecule has 0 unspecified atom stereocenters. The minimum Gasteiger partial charge on any atom is -0.376 e. The van der Waals surface area contributed by atoms with Crippen LogP contribution >= 0.6 is 23.1 Å². The average Bonchev–Trinajstić information content (AvgIpc) is 3.44. The molecule has 28 heavy (non-hydrogen) atoms. The van der Waals surface area contributed by atoms with Gasteiger partial charge in [-0.2, -0.15) is 0 Å². The van der Waals surface area contributed by atoms with Crippen LogP contribution in [-0.4, -0.2) is 44.1 Å². The number of amides is 1. The van der Waals surface area contributed by atoms with Crippen LogP contribution in [0.1, 0.15) is 12.8 Å². The summed E-state index contributed by atoms with van der Waals surface area (Å²) in [7, 11) is 0. The standard InChI is InChI=1S/C18H18FN5O2S2/c19-13-5-3-12(4-6-13)16-22-23-18(24(16)10-14-2-1-8-26-14)28-11-15(25)21-17-20-7-9-27-17/h3-7,9,14H,1-2,8,10-11H2,(H,20,21,25)/t14-/m1/s1. The van der Waals surface area contributed by atoms with Crippen molar-refractivity contribution in [2.75, 3.05) is 17.7 Å². The number of thiazole rings is 1. The summed E-state index contributed by atoms with van der Waals surface area (Å²) >= 11 is 2.67. The number of thioether (sulfide) groups is 1. The summed E-state index contributed by atoms with van der Waals surface area (Å²) in [6.07, 6.45) is 3.71. The van der Waals surface area contributed by atoms with E-state index in [1.54, 1.807) is 23.7 Å². The Balaban J connectivity index is 1.52. The number of benzene rings is 1. The molecule has 4 rings (SSSR count). The Kier molecular flexibility index (Phi) is 5.98. The predicted octanol–water partition coefficient (Wildman–Crippen LogP) is 3.45. The quantitative estimate of drug-likeness (QED) is 0.591. The molecule has 0 aliphatic carbocycles. The Morgan fingerprint density at radius 2 is 2.21 bits per heavy atom. The fraction of sp³-hybridized carbons (Fsp3) is 0.333. The monoisotopic (exact) mass is 419 g/mol. The van der Waals surface area contributed by atoms with Crippen molar-refractivity contribution in [3.63, 3.8) is 0 Å². The molecule has 1 amide bonds. The molecule has 0 radical (unpaired) electrons. The summed E-state index contributed by atoms with van der Waals surface area (Å²) in [5, 5.41) is 14.3. The zero-order valence-corrected chi connectivity index (χ0v) is 16.5. The second-order valence-electron chi connectivity index (χ2n) is 6.23. The maximum atomic E-state index is 13.3. The third kappa shape index (κ3) is 4.57.